The third-order valence-electron chi connectivity index (χ3n) is 4.10. The lowest BCUT2D eigenvalue weighted by Gasteiger charge is -2.24. The van der Waals surface area contributed by atoms with Crippen molar-refractivity contribution in [2.75, 3.05) is 25.5 Å². The van der Waals surface area contributed by atoms with Crippen LogP contribution in [0.5, 0.6) is 0 Å². The van der Waals surface area contributed by atoms with E-state index in [1.165, 1.54) is 0 Å². The fourth-order valence-corrected chi connectivity index (χ4v) is 2.99. The topological polar surface area (TPSA) is 49.3 Å². The third-order valence-corrected chi connectivity index (χ3v) is 4.35. The van der Waals surface area contributed by atoms with Crippen molar-refractivity contribution < 1.29 is 4.79 Å². The average molecular weight is 331 g/mol. The first-order chi connectivity index (χ1) is 11.1. The first kappa shape index (κ1) is 15.7. The van der Waals surface area contributed by atoms with Gasteiger partial charge in [-0.25, -0.2) is 0 Å². The molecule has 1 fully saturated rings. The molecule has 1 atom stereocenters. The molecule has 0 bridgehead atoms. The third kappa shape index (κ3) is 3.29. The van der Waals surface area contributed by atoms with Crippen LogP contribution < -0.4 is 4.90 Å². The average Bonchev–Trinajstić information content (AvgIpc) is 3.04. The number of halogens is 1. The van der Waals surface area contributed by atoms with Crippen molar-refractivity contribution in [3.63, 3.8) is 0 Å². The van der Waals surface area contributed by atoms with Gasteiger partial charge in [-0.1, -0.05) is 23.7 Å². The Labute approximate surface area is 140 Å². The normalized spacial score (nSPS) is 17.3. The molecule has 1 unspecified atom stereocenters. The molecule has 2 aromatic rings. The van der Waals surface area contributed by atoms with Gasteiger partial charge in [-0.05, 0) is 42.7 Å². The number of carbonyl (C=O) groups is 1. The molecule has 0 N–H and O–H groups in total. The maximum Gasteiger partial charge on any atom is 0.274 e. The van der Waals surface area contributed by atoms with E-state index in [-0.39, 0.29) is 11.9 Å². The molecule has 1 aliphatic heterocycles. The standard InChI is InChI=1S/C17H19ClN4O/c1-21(2)16-10-9-14(19-20-16)17(23)22-11-3-4-15(22)12-5-7-13(18)8-6-12/h5-10,15H,3-4,11H2,1-2H3. The lowest BCUT2D eigenvalue weighted by atomic mass is 10.0. The van der Waals surface area contributed by atoms with Crippen molar-refractivity contribution in [1.82, 2.24) is 15.1 Å². The summed E-state index contributed by atoms with van der Waals surface area (Å²) in [6.45, 7) is 0.739. The van der Waals surface area contributed by atoms with Gasteiger partial charge in [0.25, 0.3) is 5.91 Å². The van der Waals surface area contributed by atoms with E-state index in [1.54, 1.807) is 6.07 Å². The molecule has 23 heavy (non-hydrogen) atoms. The minimum absolute atomic E-state index is 0.0692. The lowest BCUT2D eigenvalue weighted by Crippen LogP contribution is -2.31. The summed E-state index contributed by atoms with van der Waals surface area (Å²) >= 11 is 5.95. The summed E-state index contributed by atoms with van der Waals surface area (Å²) in [6.07, 6.45) is 1.94. The molecule has 1 aliphatic rings. The highest BCUT2D eigenvalue weighted by Crippen LogP contribution is 2.33. The molecule has 1 amide bonds. The van der Waals surface area contributed by atoms with E-state index in [4.69, 9.17) is 11.6 Å². The predicted octanol–water partition coefficient (Wildman–Crippen LogP) is 3.17. The second kappa shape index (κ2) is 6.54. The molecule has 0 saturated carbocycles. The van der Waals surface area contributed by atoms with Crippen molar-refractivity contribution in [1.29, 1.82) is 0 Å². The summed E-state index contributed by atoms with van der Waals surface area (Å²) < 4.78 is 0. The number of rotatable bonds is 3. The molecule has 0 radical (unpaired) electrons. The van der Waals surface area contributed by atoms with Crippen LogP contribution in [0.1, 0.15) is 34.9 Å². The van der Waals surface area contributed by atoms with Gasteiger partial charge in [-0.3, -0.25) is 4.79 Å². The zero-order valence-electron chi connectivity index (χ0n) is 13.2. The minimum Gasteiger partial charge on any atom is -0.361 e. The van der Waals surface area contributed by atoms with Crippen molar-refractivity contribution in [2.24, 2.45) is 0 Å². The molecule has 0 spiro atoms. The summed E-state index contributed by atoms with van der Waals surface area (Å²) in [4.78, 5) is 16.5. The van der Waals surface area contributed by atoms with Crippen LogP contribution in [-0.2, 0) is 0 Å². The highest BCUT2D eigenvalue weighted by Gasteiger charge is 2.31. The van der Waals surface area contributed by atoms with Gasteiger partial charge >= 0.3 is 0 Å². The first-order valence-electron chi connectivity index (χ1n) is 7.64. The van der Waals surface area contributed by atoms with E-state index in [0.29, 0.717) is 10.7 Å². The zero-order valence-corrected chi connectivity index (χ0v) is 14.0. The quantitative estimate of drug-likeness (QED) is 0.867. The molecule has 120 valence electrons. The van der Waals surface area contributed by atoms with E-state index in [2.05, 4.69) is 10.2 Å². The molecular weight excluding hydrogens is 312 g/mol. The van der Waals surface area contributed by atoms with Crippen LogP contribution in [0.15, 0.2) is 36.4 Å². The van der Waals surface area contributed by atoms with E-state index < -0.39 is 0 Å². The van der Waals surface area contributed by atoms with Crippen LogP contribution in [0, 0.1) is 0 Å². The van der Waals surface area contributed by atoms with E-state index >= 15 is 0 Å². The number of nitrogens with zero attached hydrogens (tertiary/aromatic N) is 4. The van der Waals surface area contributed by atoms with Crippen molar-refractivity contribution in [2.45, 2.75) is 18.9 Å². The van der Waals surface area contributed by atoms with Gasteiger partial charge in [0.2, 0.25) is 0 Å². The number of hydrogen-bond donors (Lipinski definition) is 0. The molecule has 1 saturated heterocycles. The van der Waals surface area contributed by atoms with Gasteiger partial charge < -0.3 is 9.80 Å². The number of aromatic nitrogens is 2. The molecule has 3 rings (SSSR count). The summed E-state index contributed by atoms with van der Waals surface area (Å²) in [5, 5.41) is 8.88. The maximum atomic E-state index is 12.8. The summed E-state index contributed by atoms with van der Waals surface area (Å²) in [7, 11) is 3.78. The fourth-order valence-electron chi connectivity index (χ4n) is 2.87. The van der Waals surface area contributed by atoms with Crippen LogP contribution in [0.4, 0.5) is 5.82 Å². The van der Waals surface area contributed by atoms with E-state index in [0.717, 1.165) is 30.8 Å². The monoisotopic (exact) mass is 330 g/mol. The first-order valence-corrected chi connectivity index (χ1v) is 8.01. The molecule has 2 heterocycles. The van der Waals surface area contributed by atoms with Gasteiger partial charge in [0.1, 0.15) is 0 Å². The minimum atomic E-state index is -0.0692. The SMILES string of the molecule is CN(C)c1ccc(C(=O)N2CCCC2c2ccc(Cl)cc2)nn1. The Kier molecular flexibility index (Phi) is 4.48. The highest BCUT2D eigenvalue weighted by molar-refractivity contribution is 6.30. The Morgan fingerprint density at radius 2 is 1.91 bits per heavy atom. The smallest absolute Gasteiger partial charge is 0.274 e. The molecule has 6 heteroatoms. The van der Waals surface area contributed by atoms with Crippen LogP contribution in [0.2, 0.25) is 5.02 Å². The Morgan fingerprint density at radius 3 is 2.52 bits per heavy atom. The van der Waals surface area contributed by atoms with Gasteiger partial charge in [0.15, 0.2) is 11.5 Å². The number of hydrogen-bond acceptors (Lipinski definition) is 4. The van der Waals surface area contributed by atoms with Crippen molar-refractivity contribution in [3.05, 3.63) is 52.7 Å². The number of carbonyl (C=O) groups excluding carboxylic acids is 1. The molecule has 1 aromatic carbocycles. The second-order valence-corrected chi connectivity index (χ2v) is 6.32. The molecule has 5 nitrogen and oxygen atoms in total. The van der Waals surface area contributed by atoms with Gasteiger partial charge in [-0.15, -0.1) is 10.2 Å². The number of anilines is 1. The Bertz CT molecular complexity index is 685. The van der Waals surface area contributed by atoms with Crippen molar-refractivity contribution in [3.8, 4) is 0 Å². The van der Waals surface area contributed by atoms with E-state index in [1.807, 2.05) is 54.2 Å². The predicted molar refractivity (Wildman–Crippen MR) is 90.8 cm³/mol. The van der Waals surface area contributed by atoms with Crippen LogP contribution >= 0.6 is 11.6 Å². The Hall–Kier alpha value is -2.14. The van der Waals surface area contributed by atoms with Gasteiger partial charge in [-0.2, -0.15) is 0 Å². The molecular formula is C17H19ClN4O. The Balaban J connectivity index is 1.81. The summed E-state index contributed by atoms with van der Waals surface area (Å²) in [5.74, 6) is 0.664. The van der Waals surface area contributed by atoms with E-state index in [9.17, 15) is 4.79 Å². The maximum absolute atomic E-state index is 12.8. The summed E-state index contributed by atoms with van der Waals surface area (Å²) in [6, 6.07) is 11.3. The van der Waals surface area contributed by atoms with Crippen LogP contribution in [-0.4, -0.2) is 41.6 Å². The number of benzene rings is 1. The number of amides is 1. The number of likely N-dealkylation sites (tertiary alicyclic amines) is 1. The van der Waals surface area contributed by atoms with Crippen LogP contribution in [0.3, 0.4) is 0 Å². The fraction of sp³-hybridized carbons (Fsp3) is 0.353. The largest absolute Gasteiger partial charge is 0.361 e. The molecule has 1 aromatic heterocycles. The van der Waals surface area contributed by atoms with Gasteiger partial charge in [0.05, 0.1) is 6.04 Å². The second-order valence-electron chi connectivity index (χ2n) is 5.88. The van der Waals surface area contributed by atoms with Crippen LogP contribution in [0.25, 0.3) is 0 Å². The summed E-state index contributed by atoms with van der Waals surface area (Å²) in [5.41, 5.74) is 1.49. The lowest BCUT2D eigenvalue weighted by molar-refractivity contribution is 0.0728. The highest BCUT2D eigenvalue weighted by atomic mass is 35.5. The zero-order chi connectivity index (χ0) is 16.4. The van der Waals surface area contributed by atoms with Gasteiger partial charge in [0, 0.05) is 25.7 Å². The Morgan fingerprint density at radius 1 is 1.17 bits per heavy atom. The van der Waals surface area contributed by atoms with Crippen molar-refractivity contribution >= 4 is 23.3 Å². The molecule has 0 aliphatic carbocycles.